The number of aromatic nitrogens is 2. The summed E-state index contributed by atoms with van der Waals surface area (Å²) in [4.78, 5) is 26.5. The van der Waals surface area contributed by atoms with Gasteiger partial charge in [-0.25, -0.2) is 14.2 Å². The van der Waals surface area contributed by atoms with Crippen molar-refractivity contribution in [1.29, 1.82) is 0 Å². The summed E-state index contributed by atoms with van der Waals surface area (Å²) in [6.07, 6.45) is 0.932. The number of ether oxygens (including phenoxy) is 1. The number of cyclic esters (lactones) is 1. The lowest BCUT2D eigenvalue weighted by Gasteiger charge is -2.37. The Hall–Kier alpha value is -2.79. The summed E-state index contributed by atoms with van der Waals surface area (Å²) in [7, 11) is 0. The highest BCUT2D eigenvalue weighted by molar-refractivity contribution is 7.80. The minimum atomic E-state index is -0.485. The van der Waals surface area contributed by atoms with Crippen molar-refractivity contribution in [3.05, 3.63) is 41.7 Å². The van der Waals surface area contributed by atoms with Crippen LogP contribution < -0.4 is 15.1 Å². The first kappa shape index (κ1) is 22.4. The molecule has 1 unspecified atom stereocenters. The van der Waals surface area contributed by atoms with Gasteiger partial charge in [0, 0.05) is 38.1 Å². The van der Waals surface area contributed by atoms with Crippen LogP contribution in [0.25, 0.3) is 0 Å². The molecule has 0 bridgehead atoms. The van der Waals surface area contributed by atoms with E-state index in [4.69, 9.17) is 29.2 Å². The number of piperazine rings is 1. The molecule has 2 aliphatic rings. The van der Waals surface area contributed by atoms with Crippen LogP contribution in [0.2, 0.25) is 0 Å². The van der Waals surface area contributed by atoms with Crippen LogP contribution in [-0.4, -0.2) is 76.3 Å². The summed E-state index contributed by atoms with van der Waals surface area (Å²) in [5.41, 5.74) is 1.95. The van der Waals surface area contributed by atoms with Crippen LogP contribution in [0.5, 0.6) is 0 Å². The number of hydrogen-bond donors (Lipinski definition) is 2. The predicted octanol–water partition coefficient (Wildman–Crippen LogP) is 2.62. The lowest BCUT2D eigenvalue weighted by molar-refractivity contribution is 0.143. The second-order valence-electron chi connectivity index (χ2n) is 7.88. The summed E-state index contributed by atoms with van der Waals surface area (Å²) in [6.45, 7) is 7.08. The summed E-state index contributed by atoms with van der Waals surface area (Å²) in [6, 6.07) is 4.86. The van der Waals surface area contributed by atoms with Crippen LogP contribution >= 0.6 is 24.4 Å². The number of rotatable bonds is 5. The van der Waals surface area contributed by atoms with E-state index in [1.54, 1.807) is 25.3 Å². The molecule has 0 spiro atoms. The van der Waals surface area contributed by atoms with Gasteiger partial charge in [-0.05, 0) is 32.0 Å². The molecule has 32 heavy (non-hydrogen) atoms. The Morgan fingerprint density at radius 3 is 2.69 bits per heavy atom. The molecular formula is C21H25FN6O2S2. The Morgan fingerprint density at radius 2 is 2.06 bits per heavy atom. The number of nitrogens with one attached hydrogen (secondary N) is 2. The van der Waals surface area contributed by atoms with Gasteiger partial charge in [0.25, 0.3) is 0 Å². The van der Waals surface area contributed by atoms with Gasteiger partial charge < -0.3 is 24.8 Å². The normalized spacial score (nSPS) is 18.7. The van der Waals surface area contributed by atoms with Crippen LogP contribution in [0.4, 0.5) is 20.6 Å². The van der Waals surface area contributed by atoms with Crippen LogP contribution in [0.3, 0.4) is 0 Å². The Kier molecular flexibility index (Phi) is 6.56. The second-order valence-corrected chi connectivity index (χ2v) is 8.88. The van der Waals surface area contributed by atoms with E-state index < -0.39 is 6.09 Å². The van der Waals surface area contributed by atoms with Crippen molar-refractivity contribution in [2.75, 3.05) is 49.1 Å². The van der Waals surface area contributed by atoms with E-state index in [1.807, 2.05) is 11.8 Å². The quantitative estimate of drug-likeness (QED) is 0.638. The number of carbonyl (C=O) groups is 1. The molecule has 1 aromatic heterocycles. The van der Waals surface area contributed by atoms with Gasteiger partial charge in [0.05, 0.1) is 29.5 Å². The van der Waals surface area contributed by atoms with Crippen molar-refractivity contribution in [2.45, 2.75) is 20.0 Å². The molecule has 2 N–H and O–H groups in total. The van der Waals surface area contributed by atoms with Crippen LogP contribution in [0, 0.1) is 12.7 Å². The van der Waals surface area contributed by atoms with E-state index in [0.717, 1.165) is 5.69 Å². The zero-order valence-corrected chi connectivity index (χ0v) is 19.6. The molecule has 8 nitrogen and oxygen atoms in total. The van der Waals surface area contributed by atoms with Gasteiger partial charge in [-0.3, -0.25) is 4.90 Å². The molecule has 11 heteroatoms. The number of benzene rings is 1. The van der Waals surface area contributed by atoms with E-state index in [-0.39, 0.29) is 11.9 Å². The first-order valence-electron chi connectivity index (χ1n) is 10.4. The summed E-state index contributed by atoms with van der Waals surface area (Å²) in [5, 5.41) is 2.99. The Morgan fingerprint density at radius 1 is 1.31 bits per heavy atom. The first-order valence-corrected chi connectivity index (χ1v) is 11.2. The second kappa shape index (κ2) is 9.37. The molecule has 1 aromatic carbocycles. The molecule has 3 heterocycles. The number of aromatic amines is 1. The molecule has 0 aliphatic carbocycles. The van der Waals surface area contributed by atoms with E-state index in [1.165, 1.54) is 11.0 Å². The monoisotopic (exact) mass is 476 g/mol. The predicted molar refractivity (Wildman–Crippen MR) is 129 cm³/mol. The van der Waals surface area contributed by atoms with Gasteiger partial charge in [-0.15, -0.1) is 0 Å². The largest absolute Gasteiger partial charge is 0.442 e. The first-order chi connectivity index (χ1) is 15.3. The zero-order valence-electron chi connectivity index (χ0n) is 17.9. The molecule has 0 radical (unpaired) electrons. The number of aryl methyl sites for hydroxylation is 1. The number of H-pyrrole nitrogens is 1. The van der Waals surface area contributed by atoms with E-state index in [9.17, 15) is 9.18 Å². The number of carbonyl (C=O) groups excluding carboxylic acids is 1. The summed E-state index contributed by atoms with van der Waals surface area (Å²) < 4.78 is 20.3. The van der Waals surface area contributed by atoms with Gasteiger partial charge in [0.1, 0.15) is 16.9 Å². The van der Waals surface area contributed by atoms with Crippen LogP contribution in [0.1, 0.15) is 18.4 Å². The van der Waals surface area contributed by atoms with E-state index in [2.05, 4.69) is 20.2 Å². The smallest absolute Gasteiger partial charge is 0.414 e. The minimum Gasteiger partial charge on any atom is -0.442 e. The van der Waals surface area contributed by atoms with E-state index in [0.29, 0.717) is 66.4 Å². The number of hydrogen-bond acceptors (Lipinski definition) is 6. The fraction of sp³-hybridized carbons (Fsp3) is 0.429. The highest BCUT2D eigenvalue weighted by Crippen LogP contribution is 2.28. The van der Waals surface area contributed by atoms with Crippen molar-refractivity contribution in [3.8, 4) is 0 Å². The molecule has 0 saturated carbocycles. The summed E-state index contributed by atoms with van der Waals surface area (Å²) in [5.74, 6) is 0.317. The molecular weight excluding hydrogens is 451 g/mol. The fourth-order valence-electron chi connectivity index (χ4n) is 3.84. The highest BCUT2D eigenvalue weighted by Gasteiger charge is 2.33. The van der Waals surface area contributed by atoms with Gasteiger partial charge >= 0.3 is 6.09 Å². The average Bonchev–Trinajstić information content (AvgIpc) is 3.37. The van der Waals surface area contributed by atoms with Crippen molar-refractivity contribution < 1.29 is 13.9 Å². The third kappa shape index (κ3) is 4.83. The van der Waals surface area contributed by atoms with Gasteiger partial charge in [0.15, 0.2) is 5.82 Å². The maximum atomic E-state index is 15.0. The Labute approximate surface area is 196 Å². The Balaban J connectivity index is 1.37. The molecule has 1 atom stereocenters. The van der Waals surface area contributed by atoms with Crippen molar-refractivity contribution >= 4 is 51.9 Å². The average molecular weight is 477 g/mol. The lowest BCUT2D eigenvalue weighted by atomic mass is 10.2. The summed E-state index contributed by atoms with van der Waals surface area (Å²) >= 11 is 10.5. The fourth-order valence-corrected chi connectivity index (χ4v) is 4.21. The molecule has 170 valence electrons. The Bertz CT molecular complexity index is 1040. The lowest BCUT2D eigenvalue weighted by Crippen LogP contribution is -2.49. The van der Waals surface area contributed by atoms with Gasteiger partial charge in [-0.1, -0.05) is 24.4 Å². The maximum absolute atomic E-state index is 15.0. The van der Waals surface area contributed by atoms with E-state index >= 15 is 0 Å². The van der Waals surface area contributed by atoms with Gasteiger partial charge in [0.2, 0.25) is 0 Å². The topological polar surface area (TPSA) is 76.7 Å². The van der Waals surface area contributed by atoms with Gasteiger partial charge in [-0.2, -0.15) is 0 Å². The molecule has 1 amide bonds. The third-order valence-electron chi connectivity index (χ3n) is 5.51. The number of amides is 1. The molecule has 2 saturated heterocycles. The third-order valence-corrected chi connectivity index (χ3v) is 6.10. The number of halogens is 1. The number of anilines is 2. The number of imidazole rings is 1. The standard InChI is InChI=1S/C21H25FN6O2S2/c1-13-10-24-19(25-13)20(32)27-7-5-26(6-8-27)18-4-3-15(9-17(18)22)28-12-16(30-21(28)29)11-23-14(2)31/h3-4,9-10,16H,5-8,11-12H2,1-2H3,(H,23,31)(H,24,25). The molecule has 2 aromatic rings. The van der Waals surface area contributed by atoms with Crippen molar-refractivity contribution in [2.24, 2.45) is 0 Å². The maximum Gasteiger partial charge on any atom is 0.414 e. The van der Waals surface area contributed by atoms with Crippen molar-refractivity contribution in [1.82, 2.24) is 20.2 Å². The molecule has 2 fully saturated rings. The SMILES string of the molecule is CC(=S)NCC1CN(c2ccc(N3CCN(C(=S)c4ncc(C)[nH]4)CC3)c(F)c2)C(=O)O1. The number of nitrogens with zero attached hydrogens (tertiary/aromatic N) is 4. The highest BCUT2D eigenvalue weighted by atomic mass is 32.1. The van der Waals surface area contributed by atoms with Crippen molar-refractivity contribution in [3.63, 3.8) is 0 Å². The van der Waals surface area contributed by atoms with Crippen LogP contribution in [0.15, 0.2) is 24.4 Å². The molecule has 2 aliphatic heterocycles. The zero-order chi connectivity index (χ0) is 22.8. The minimum absolute atomic E-state index is 0.335. The molecule has 4 rings (SSSR count). The number of thiocarbonyl (C=S) groups is 2. The van der Waals surface area contributed by atoms with Crippen LogP contribution in [-0.2, 0) is 4.74 Å².